The van der Waals surface area contributed by atoms with Gasteiger partial charge in [-0.3, -0.25) is 10.1 Å². The predicted molar refractivity (Wildman–Crippen MR) is 82.5 cm³/mol. The van der Waals surface area contributed by atoms with E-state index < -0.39 is 0 Å². The first-order chi connectivity index (χ1) is 9.59. The molecule has 1 amide bonds. The molecular formula is C17H26N2O. The van der Waals surface area contributed by atoms with Crippen molar-refractivity contribution >= 4 is 5.91 Å². The van der Waals surface area contributed by atoms with Crippen molar-refractivity contribution < 1.29 is 4.79 Å². The monoisotopic (exact) mass is 274 g/mol. The highest BCUT2D eigenvalue weighted by Crippen LogP contribution is 2.24. The molecule has 0 saturated heterocycles. The van der Waals surface area contributed by atoms with Crippen molar-refractivity contribution in [1.82, 2.24) is 5.32 Å². The molecule has 3 N–H and O–H groups in total. The number of carbonyl (C=O) groups excluding carboxylic acids is 1. The zero-order chi connectivity index (χ0) is 14.5. The summed E-state index contributed by atoms with van der Waals surface area (Å²) < 4.78 is 0. The van der Waals surface area contributed by atoms with Crippen LogP contribution in [0.5, 0.6) is 0 Å². The molecule has 110 valence electrons. The van der Waals surface area contributed by atoms with Crippen LogP contribution in [0.1, 0.15) is 61.3 Å². The fourth-order valence-electron chi connectivity index (χ4n) is 3.09. The average molecular weight is 274 g/mol. The van der Waals surface area contributed by atoms with Gasteiger partial charge >= 0.3 is 0 Å². The molecule has 0 aliphatic heterocycles. The number of carbonyl (C=O) groups is 1. The van der Waals surface area contributed by atoms with E-state index in [0.29, 0.717) is 6.04 Å². The van der Waals surface area contributed by atoms with E-state index in [1.165, 1.54) is 31.2 Å². The summed E-state index contributed by atoms with van der Waals surface area (Å²) in [6.45, 7) is 4.14. The summed E-state index contributed by atoms with van der Waals surface area (Å²) in [5, 5.41) is 3.51. The van der Waals surface area contributed by atoms with Gasteiger partial charge in [-0.15, -0.1) is 0 Å². The van der Waals surface area contributed by atoms with Crippen LogP contribution >= 0.6 is 0 Å². The quantitative estimate of drug-likeness (QED) is 0.829. The summed E-state index contributed by atoms with van der Waals surface area (Å²) in [5.74, 6) is -0.275. The molecule has 1 unspecified atom stereocenters. The van der Waals surface area contributed by atoms with E-state index in [-0.39, 0.29) is 11.9 Å². The second-order valence-electron chi connectivity index (χ2n) is 5.98. The van der Waals surface area contributed by atoms with Crippen molar-refractivity contribution in [1.29, 1.82) is 0 Å². The molecule has 1 atom stereocenters. The summed E-state index contributed by atoms with van der Waals surface area (Å²) in [6, 6.07) is 6.14. The molecule has 20 heavy (non-hydrogen) atoms. The molecule has 1 saturated carbocycles. The highest BCUT2D eigenvalue weighted by molar-refractivity contribution is 5.82. The fourth-order valence-corrected chi connectivity index (χ4v) is 3.09. The Morgan fingerprint density at radius 3 is 2.45 bits per heavy atom. The third-order valence-electron chi connectivity index (χ3n) is 4.50. The summed E-state index contributed by atoms with van der Waals surface area (Å²) >= 11 is 0. The second kappa shape index (κ2) is 6.89. The molecule has 2 rings (SSSR count). The lowest BCUT2D eigenvalue weighted by Gasteiger charge is -2.24. The van der Waals surface area contributed by atoms with Gasteiger partial charge in [0.1, 0.15) is 6.04 Å². The number of hydrogen-bond acceptors (Lipinski definition) is 2. The topological polar surface area (TPSA) is 55.1 Å². The minimum absolute atomic E-state index is 0.275. The van der Waals surface area contributed by atoms with Gasteiger partial charge in [-0.05, 0) is 43.4 Å². The first kappa shape index (κ1) is 15.0. The SMILES string of the molecule is Cc1cccc(C(NC2CCCCCC2)C(N)=O)c1C. The van der Waals surface area contributed by atoms with Crippen molar-refractivity contribution in [2.24, 2.45) is 5.73 Å². The van der Waals surface area contributed by atoms with E-state index in [1.807, 2.05) is 12.1 Å². The van der Waals surface area contributed by atoms with Crippen LogP contribution in [0, 0.1) is 13.8 Å². The third kappa shape index (κ3) is 3.60. The highest BCUT2D eigenvalue weighted by atomic mass is 16.1. The van der Waals surface area contributed by atoms with Crippen molar-refractivity contribution in [2.45, 2.75) is 64.5 Å². The van der Waals surface area contributed by atoms with Gasteiger partial charge in [0.05, 0.1) is 0 Å². The Balaban J connectivity index is 2.18. The second-order valence-corrected chi connectivity index (χ2v) is 5.98. The lowest BCUT2D eigenvalue weighted by Crippen LogP contribution is -2.40. The maximum absolute atomic E-state index is 11.9. The van der Waals surface area contributed by atoms with Crippen LogP contribution in [0.25, 0.3) is 0 Å². The van der Waals surface area contributed by atoms with Gasteiger partial charge in [-0.2, -0.15) is 0 Å². The number of nitrogens with two attached hydrogens (primary N) is 1. The number of rotatable bonds is 4. The molecular weight excluding hydrogens is 248 g/mol. The number of aryl methyl sites for hydroxylation is 1. The molecule has 0 spiro atoms. The van der Waals surface area contributed by atoms with Crippen LogP contribution in [0.4, 0.5) is 0 Å². The van der Waals surface area contributed by atoms with E-state index in [2.05, 4.69) is 25.2 Å². The summed E-state index contributed by atoms with van der Waals surface area (Å²) in [4.78, 5) is 11.9. The Labute approximate surface area is 121 Å². The normalized spacial score (nSPS) is 18.5. The Hall–Kier alpha value is -1.35. The predicted octanol–water partition coefficient (Wildman–Crippen LogP) is 3.14. The standard InChI is InChI=1S/C17H26N2O/c1-12-8-7-11-15(13(12)2)16(17(18)20)19-14-9-5-3-4-6-10-14/h7-8,11,14,16,19H,3-6,9-10H2,1-2H3,(H2,18,20). The summed E-state index contributed by atoms with van der Waals surface area (Å²) in [7, 11) is 0. The van der Waals surface area contributed by atoms with Crippen LogP contribution in [0.15, 0.2) is 18.2 Å². The van der Waals surface area contributed by atoms with Crippen LogP contribution in [-0.4, -0.2) is 11.9 Å². The maximum atomic E-state index is 11.9. The van der Waals surface area contributed by atoms with E-state index in [9.17, 15) is 4.79 Å². The lowest BCUT2D eigenvalue weighted by molar-refractivity contribution is -0.120. The Kier molecular flexibility index (Phi) is 5.18. The first-order valence-electron chi connectivity index (χ1n) is 7.71. The van der Waals surface area contributed by atoms with Crippen molar-refractivity contribution in [3.8, 4) is 0 Å². The van der Waals surface area contributed by atoms with E-state index in [1.54, 1.807) is 0 Å². The molecule has 0 heterocycles. The van der Waals surface area contributed by atoms with Crippen molar-refractivity contribution in [3.05, 3.63) is 34.9 Å². The van der Waals surface area contributed by atoms with Gasteiger partial charge in [0, 0.05) is 6.04 Å². The molecule has 1 aromatic rings. The van der Waals surface area contributed by atoms with E-state index >= 15 is 0 Å². The molecule has 1 fully saturated rings. The highest BCUT2D eigenvalue weighted by Gasteiger charge is 2.24. The molecule has 3 nitrogen and oxygen atoms in total. The minimum Gasteiger partial charge on any atom is -0.368 e. The van der Waals surface area contributed by atoms with Crippen LogP contribution in [0.2, 0.25) is 0 Å². The third-order valence-corrected chi connectivity index (χ3v) is 4.50. The van der Waals surface area contributed by atoms with Crippen molar-refractivity contribution in [3.63, 3.8) is 0 Å². The van der Waals surface area contributed by atoms with Crippen molar-refractivity contribution in [2.75, 3.05) is 0 Å². The largest absolute Gasteiger partial charge is 0.368 e. The van der Waals surface area contributed by atoms with Crippen LogP contribution < -0.4 is 11.1 Å². The van der Waals surface area contributed by atoms with Gasteiger partial charge in [0.15, 0.2) is 0 Å². The summed E-state index contributed by atoms with van der Waals surface area (Å²) in [5.41, 5.74) is 9.04. The smallest absolute Gasteiger partial charge is 0.239 e. The van der Waals surface area contributed by atoms with Crippen LogP contribution in [0.3, 0.4) is 0 Å². The van der Waals surface area contributed by atoms with Crippen LogP contribution in [-0.2, 0) is 4.79 Å². The molecule has 1 aromatic carbocycles. The zero-order valence-electron chi connectivity index (χ0n) is 12.6. The van der Waals surface area contributed by atoms with Gasteiger partial charge < -0.3 is 5.73 Å². The first-order valence-corrected chi connectivity index (χ1v) is 7.71. The minimum atomic E-state index is -0.363. The molecule has 1 aliphatic carbocycles. The van der Waals surface area contributed by atoms with Gasteiger partial charge in [0.25, 0.3) is 0 Å². The number of amides is 1. The van der Waals surface area contributed by atoms with E-state index in [4.69, 9.17) is 5.73 Å². The van der Waals surface area contributed by atoms with Gasteiger partial charge in [0.2, 0.25) is 5.91 Å². The molecule has 1 aliphatic rings. The molecule has 0 bridgehead atoms. The number of primary amides is 1. The molecule has 0 radical (unpaired) electrons. The lowest BCUT2D eigenvalue weighted by atomic mass is 9.95. The van der Waals surface area contributed by atoms with Gasteiger partial charge in [-0.1, -0.05) is 43.9 Å². The molecule has 0 aromatic heterocycles. The Bertz CT molecular complexity index is 462. The zero-order valence-corrected chi connectivity index (χ0v) is 12.6. The molecule has 3 heteroatoms. The average Bonchev–Trinajstić information content (AvgIpc) is 2.68. The number of hydrogen-bond donors (Lipinski definition) is 2. The summed E-state index contributed by atoms with van der Waals surface area (Å²) in [6.07, 6.45) is 7.40. The number of benzene rings is 1. The number of nitrogens with one attached hydrogen (secondary N) is 1. The Morgan fingerprint density at radius 2 is 1.85 bits per heavy atom. The fraction of sp³-hybridized carbons (Fsp3) is 0.588. The Morgan fingerprint density at radius 1 is 1.20 bits per heavy atom. The van der Waals surface area contributed by atoms with Gasteiger partial charge in [-0.25, -0.2) is 0 Å². The maximum Gasteiger partial charge on any atom is 0.239 e. The van der Waals surface area contributed by atoms with E-state index in [0.717, 1.165) is 24.0 Å².